The van der Waals surface area contributed by atoms with Crippen LogP contribution in [0.1, 0.15) is 72.7 Å². The monoisotopic (exact) mass is 320 g/mol. The summed E-state index contributed by atoms with van der Waals surface area (Å²) in [4.78, 5) is 20.7. The second kappa shape index (κ2) is 6.69. The SMILES string of the molecule is Cc1nc(CC(C)C)sc1C(=O)N1CCCC1C1CCCC1. The smallest absolute Gasteiger partial charge is 0.266 e. The van der Waals surface area contributed by atoms with E-state index in [-0.39, 0.29) is 5.91 Å². The molecule has 2 aliphatic rings. The molecule has 1 atom stereocenters. The van der Waals surface area contributed by atoms with Gasteiger partial charge in [-0.3, -0.25) is 4.79 Å². The van der Waals surface area contributed by atoms with Crippen molar-refractivity contribution in [2.45, 2.75) is 71.8 Å². The van der Waals surface area contributed by atoms with Crippen molar-refractivity contribution < 1.29 is 4.79 Å². The van der Waals surface area contributed by atoms with E-state index in [2.05, 4.69) is 23.7 Å². The zero-order valence-corrected chi connectivity index (χ0v) is 14.9. The lowest BCUT2D eigenvalue weighted by atomic mass is 9.96. The van der Waals surface area contributed by atoms with Crippen molar-refractivity contribution in [1.29, 1.82) is 0 Å². The molecular formula is C18H28N2OS. The van der Waals surface area contributed by atoms with Crippen molar-refractivity contribution in [2.24, 2.45) is 11.8 Å². The van der Waals surface area contributed by atoms with Gasteiger partial charge in [-0.1, -0.05) is 26.7 Å². The molecule has 0 bridgehead atoms. The summed E-state index contributed by atoms with van der Waals surface area (Å²) in [6.45, 7) is 7.34. The van der Waals surface area contributed by atoms with Gasteiger partial charge in [-0.05, 0) is 44.4 Å². The van der Waals surface area contributed by atoms with Gasteiger partial charge in [0.15, 0.2) is 0 Å². The number of thiazole rings is 1. The maximum atomic E-state index is 13.0. The highest BCUT2D eigenvalue weighted by Crippen LogP contribution is 2.36. The second-order valence-corrected chi connectivity index (χ2v) is 8.46. The molecule has 122 valence electrons. The molecule has 22 heavy (non-hydrogen) atoms. The van der Waals surface area contributed by atoms with Crippen LogP contribution in [-0.2, 0) is 6.42 Å². The Labute approximate surface area is 138 Å². The average molecular weight is 321 g/mol. The van der Waals surface area contributed by atoms with E-state index < -0.39 is 0 Å². The first-order valence-electron chi connectivity index (χ1n) is 8.83. The normalized spacial score (nSPS) is 22.9. The van der Waals surface area contributed by atoms with Crippen molar-refractivity contribution in [2.75, 3.05) is 6.54 Å². The predicted octanol–water partition coefficient (Wildman–Crippen LogP) is 4.44. The Hall–Kier alpha value is -0.900. The maximum absolute atomic E-state index is 13.0. The van der Waals surface area contributed by atoms with E-state index in [0.717, 1.165) is 34.5 Å². The standard InChI is InChI=1S/C18H28N2OS/c1-12(2)11-16-19-13(3)17(22-16)18(21)20-10-6-9-15(20)14-7-4-5-8-14/h12,14-15H,4-11H2,1-3H3. The summed E-state index contributed by atoms with van der Waals surface area (Å²) < 4.78 is 0. The summed E-state index contributed by atoms with van der Waals surface area (Å²) in [6.07, 6.45) is 8.67. The molecule has 1 unspecified atom stereocenters. The van der Waals surface area contributed by atoms with Crippen molar-refractivity contribution >= 4 is 17.2 Å². The molecule has 0 radical (unpaired) electrons. The molecule has 1 amide bonds. The van der Waals surface area contributed by atoms with Crippen LogP contribution in [0.5, 0.6) is 0 Å². The summed E-state index contributed by atoms with van der Waals surface area (Å²) >= 11 is 1.63. The molecule has 1 saturated heterocycles. The zero-order valence-electron chi connectivity index (χ0n) is 14.1. The lowest BCUT2D eigenvalue weighted by Crippen LogP contribution is -2.39. The van der Waals surface area contributed by atoms with Crippen LogP contribution in [0.3, 0.4) is 0 Å². The Morgan fingerprint density at radius 3 is 2.68 bits per heavy atom. The largest absolute Gasteiger partial charge is 0.335 e. The van der Waals surface area contributed by atoms with Crippen molar-refractivity contribution in [3.05, 3.63) is 15.6 Å². The molecule has 0 aromatic carbocycles. The lowest BCUT2D eigenvalue weighted by Gasteiger charge is -2.29. The van der Waals surface area contributed by atoms with E-state index in [1.54, 1.807) is 11.3 Å². The van der Waals surface area contributed by atoms with Gasteiger partial charge in [0.2, 0.25) is 0 Å². The highest BCUT2D eigenvalue weighted by molar-refractivity contribution is 7.13. The van der Waals surface area contributed by atoms with Crippen LogP contribution in [0.2, 0.25) is 0 Å². The first-order chi connectivity index (χ1) is 10.6. The van der Waals surface area contributed by atoms with Crippen molar-refractivity contribution in [3.63, 3.8) is 0 Å². The molecule has 0 spiro atoms. The number of likely N-dealkylation sites (tertiary alicyclic amines) is 1. The molecule has 1 aliphatic carbocycles. The lowest BCUT2D eigenvalue weighted by molar-refractivity contribution is 0.0693. The maximum Gasteiger partial charge on any atom is 0.266 e. The Kier molecular flexibility index (Phi) is 4.86. The van der Waals surface area contributed by atoms with Gasteiger partial charge in [0.1, 0.15) is 4.88 Å². The van der Waals surface area contributed by atoms with E-state index in [1.165, 1.54) is 38.5 Å². The molecule has 1 aliphatic heterocycles. The van der Waals surface area contributed by atoms with Crippen LogP contribution in [-0.4, -0.2) is 28.4 Å². The minimum absolute atomic E-state index is 0.249. The first-order valence-corrected chi connectivity index (χ1v) is 9.65. The predicted molar refractivity (Wildman–Crippen MR) is 91.4 cm³/mol. The van der Waals surface area contributed by atoms with Crippen molar-refractivity contribution in [1.82, 2.24) is 9.88 Å². The highest BCUT2D eigenvalue weighted by Gasteiger charge is 2.37. The number of aromatic nitrogens is 1. The molecule has 2 heterocycles. The summed E-state index contributed by atoms with van der Waals surface area (Å²) in [7, 11) is 0. The van der Waals surface area contributed by atoms with Crippen LogP contribution in [0.25, 0.3) is 0 Å². The number of nitrogens with zero attached hydrogens (tertiary/aromatic N) is 2. The van der Waals surface area contributed by atoms with Crippen LogP contribution in [0.4, 0.5) is 0 Å². The topological polar surface area (TPSA) is 33.2 Å². The summed E-state index contributed by atoms with van der Waals surface area (Å²) in [5, 5.41) is 1.12. The third kappa shape index (κ3) is 3.22. The van der Waals surface area contributed by atoms with Gasteiger partial charge in [-0.15, -0.1) is 11.3 Å². The number of hydrogen-bond acceptors (Lipinski definition) is 3. The van der Waals surface area contributed by atoms with Gasteiger partial charge in [0, 0.05) is 19.0 Å². The van der Waals surface area contributed by atoms with Gasteiger partial charge < -0.3 is 4.90 Å². The second-order valence-electron chi connectivity index (χ2n) is 7.37. The van der Waals surface area contributed by atoms with E-state index in [0.29, 0.717) is 12.0 Å². The summed E-state index contributed by atoms with van der Waals surface area (Å²) in [5.74, 6) is 1.58. The van der Waals surface area contributed by atoms with Crippen LogP contribution >= 0.6 is 11.3 Å². The first kappa shape index (κ1) is 16.0. The minimum Gasteiger partial charge on any atom is -0.335 e. The highest BCUT2D eigenvalue weighted by atomic mass is 32.1. The van der Waals surface area contributed by atoms with Gasteiger partial charge in [-0.2, -0.15) is 0 Å². The van der Waals surface area contributed by atoms with Crippen LogP contribution < -0.4 is 0 Å². The Morgan fingerprint density at radius 2 is 2.00 bits per heavy atom. The molecule has 1 aromatic rings. The van der Waals surface area contributed by atoms with Gasteiger partial charge in [0.25, 0.3) is 5.91 Å². The fourth-order valence-electron chi connectivity index (χ4n) is 4.09. The molecule has 3 nitrogen and oxygen atoms in total. The number of carbonyl (C=O) groups is 1. The molecule has 0 N–H and O–H groups in total. The number of rotatable bonds is 4. The zero-order chi connectivity index (χ0) is 15.7. The van der Waals surface area contributed by atoms with E-state index >= 15 is 0 Å². The third-order valence-corrected chi connectivity index (χ3v) is 6.29. The fraction of sp³-hybridized carbons (Fsp3) is 0.778. The molecule has 3 rings (SSSR count). The van der Waals surface area contributed by atoms with E-state index in [1.807, 2.05) is 6.92 Å². The number of amides is 1. The van der Waals surface area contributed by atoms with E-state index in [9.17, 15) is 4.79 Å². The molecule has 1 saturated carbocycles. The molecule has 1 aromatic heterocycles. The number of hydrogen-bond donors (Lipinski definition) is 0. The quantitative estimate of drug-likeness (QED) is 0.821. The number of aryl methyl sites for hydroxylation is 1. The van der Waals surface area contributed by atoms with Crippen molar-refractivity contribution in [3.8, 4) is 0 Å². The molecular weight excluding hydrogens is 292 g/mol. The summed E-state index contributed by atoms with van der Waals surface area (Å²) in [5.41, 5.74) is 0.933. The van der Waals surface area contributed by atoms with Crippen LogP contribution in [0, 0.1) is 18.8 Å². The van der Waals surface area contributed by atoms with E-state index in [4.69, 9.17) is 0 Å². The van der Waals surface area contributed by atoms with Gasteiger partial charge >= 0.3 is 0 Å². The average Bonchev–Trinajstić information content (AvgIpc) is 3.16. The summed E-state index contributed by atoms with van der Waals surface area (Å²) in [6, 6.07) is 0.491. The fourth-order valence-corrected chi connectivity index (χ4v) is 5.33. The Bertz CT molecular complexity index is 531. The minimum atomic E-state index is 0.249. The third-order valence-electron chi connectivity index (χ3n) is 5.12. The van der Waals surface area contributed by atoms with Gasteiger partial charge in [0.05, 0.1) is 10.7 Å². The Morgan fingerprint density at radius 1 is 1.27 bits per heavy atom. The van der Waals surface area contributed by atoms with Crippen LogP contribution in [0.15, 0.2) is 0 Å². The molecule has 4 heteroatoms. The Balaban J connectivity index is 1.76. The van der Waals surface area contributed by atoms with Gasteiger partial charge in [-0.25, -0.2) is 4.98 Å². The molecule has 2 fully saturated rings. The number of carbonyl (C=O) groups excluding carboxylic acids is 1.